The Hall–Kier alpha value is -1.04. The summed E-state index contributed by atoms with van der Waals surface area (Å²) in [5.41, 5.74) is 0. The van der Waals surface area contributed by atoms with Crippen LogP contribution in [-0.4, -0.2) is 41.3 Å². The standard InChI is InChI=1S/C13H25N5S/c1-5-7-8-10-19-13-16-11(14-9-6-2)15-12(17-13)18(3)4/h5-10H2,1-4H3,(H,14,15,16,17). The van der Waals surface area contributed by atoms with Crippen LogP contribution >= 0.6 is 11.8 Å². The summed E-state index contributed by atoms with van der Waals surface area (Å²) in [4.78, 5) is 15.2. The van der Waals surface area contributed by atoms with Crippen LogP contribution in [0.3, 0.4) is 0 Å². The highest BCUT2D eigenvalue weighted by atomic mass is 32.2. The quantitative estimate of drug-likeness (QED) is 0.555. The zero-order chi connectivity index (χ0) is 14.1. The van der Waals surface area contributed by atoms with E-state index in [2.05, 4.69) is 34.1 Å². The zero-order valence-electron chi connectivity index (χ0n) is 12.4. The van der Waals surface area contributed by atoms with E-state index in [1.54, 1.807) is 11.8 Å². The molecular formula is C13H25N5S. The van der Waals surface area contributed by atoms with Gasteiger partial charge in [-0.2, -0.15) is 15.0 Å². The smallest absolute Gasteiger partial charge is 0.230 e. The van der Waals surface area contributed by atoms with Crippen LogP contribution in [0.2, 0.25) is 0 Å². The molecule has 0 bridgehead atoms. The summed E-state index contributed by atoms with van der Waals surface area (Å²) in [6, 6.07) is 0. The molecule has 0 fully saturated rings. The Kier molecular flexibility index (Phi) is 7.55. The van der Waals surface area contributed by atoms with Gasteiger partial charge in [0.1, 0.15) is 0 Å². The van der Waals surface area contributed by atoms with Crippen molar-refractivity contribution in [1.29, 1.82) is 0 Å². The molecule has 1 heterocycles. The van der Waals surface area contributed by atoms with E-state index in [9.17, 15) is 0 Å². The number of rotatable bonds is 9. The van der Waals surface area contributed by atoms with Gasteiger partial charge in [-0.15, -0.1) is 0 Å². The van der Waals surface area contributed by atoms with Crippen LogP contribution in [0.1, 0.15) is 39.5 Å². The summed E-state index contributed by atoms with van der Waals surface area (Å²) < 4.78 is 0. The van der Waals surface area contributed by atoms with Gasteiger partial charge < -0.3 is 10.2 Å². The van der Waals surface area contributed by atoms with Crippen molar-refractivity contribution in [2.75, 3.05) is 36.6 Å². The first-order valence-corrected chi connectivity index (χ1v) is 7.96. The third-order valence-electron chi connectivity index (χ3n) is 2.52. The van der Waals surface area contributed by atoms with Crippen LogP contribution < -0.4 is 10.2 Å². The van der Waals surface area contributed by atoms with E-state index in [-0.39, 0.29) is 0 Å². The second-order valence-corrected chi connectivity index (χ2v) is 5.68. The highest BCUT2D eigenvalue weighted by molar-refractivity contribution is 7.99. The van der Waals surface area contributed by atoms with E-state index in [1.165, 1.54) is 19.3 Å². The summed E-state index contributed by atoms with van der Waals surface area (Å²) in [6.45, 7) is 5.23. The van der Waals surface area contributed by atoms with Gasteiger partial charge in [-0.1, -0.05) is 38.5 Å². The van der Waals surface area contributed by atoms with Gasteiger partial charge in [0.2, 0.25) is 11.9 Å². The van der Waals surface area contributed by atoms with Gasteiger partial charge in [-0.25, -0.2) is 0 Å². The maximum atomic E-state index is 4.47. The minimum Gasteiger partial charge on any atom is -0.354 e. The topological polar surface area (TPSA) is 53.9 Å². The van der Waals surface area contributed by atoms with Gasteiger partial charge in [0.05, 0.1) is 0 Å². The molecule has 5 nitrogen and oxygen atoms in total. The Morgan fingerprint density at radius 1 is 1.05 bits per heavy atom. The first-order chi connectivity index (χ1) is 9.17. The van der Waals surface area contributed by atoms with E-state index in [1.807, 2.05) is 19.0 Å². The van der Waals surface area contributed by atoms with Crippen LogP contribution in [0.15, 0.2) is 5.16 Å². The molecule has 1 N–H and O–H groups in total. The van der Waals surface area contributed by atoms with E-state index in [0.29, 0.717) is 11.9 Å². The van der Waals surface area contributed by atoms with Crippen molar-refractivity contribution in [2.24, 2.45) is 0 Å². The molecule has 0 aliphatic rings. The number of hydrogen-bond acceptors (Lipinski definition) is 6. The lowest BCUT2D eigenvalue weighted by Crippen LogP contribution is -2.16. The largest absolute Gasteiger partial charge is 0.354 e. The number of aromatic nitrogens is 3. The average Bonchev–Trinajstić information content (AvgIpc) is 2.41. The predicted molar refractivity (Wildman–Crippen MR) is 83.2 cm³/mol. The molecule has 0 saturated heterocycles. The Labute approximate surface area is 120 Å². The fourth-order valence-corrected chi connectivity index (χ4v) is 2.27. The minimum atomic E-state index is 0.679. The molecule has 0 aliphatic carbocycles. The summed E-state index contributed by atoms with van der Waals surface area (Å²) in [6.07, 6.45) is 4.77. The second kappa shape index (κ2) is 8.96. The van der Waals surface area contributed by atoms with Crippen molar-refractivity contribution in [2.45, 2.75) is 44.7 Å². The Morgan fingerprint density at radius 3 is 2.47 bits per heavy atom. The SMILES string of the molecule is CCCCCSc1nc(NCCC)nc(N(C)C)n1. The van der Waals surface area contributed by atoms with Crippen LogP contribution in [0.5, 0.6) is 0 Å². The first kappa shape index (κ1) is 16.0. The molecule has 0 spiro atoms. The zero-order valence-corrected chi connectivity index (χ0v) is 13.3. The van der Waals surface area contributed by atoms with Crippen LogP contribution in [0.4, 0.5) is 11.9 Å². The number of nitrogens with zero attached hydrogens (tertiary/aromatic N) is 4. The van der Waals surface area contributed by atoms with Crippen LogP contribution in [-0.2, 0) is 0 Å². The Balaban J connectivity index is 2.69. The summed E-state index contributed by atoms with van der Waals surface area (Å²) in [5.74, 6) is 2.46. The molecular weight excluding hydrogens is 258 g/mol. The summed E-state index contributed by atoms with van der Waals surface area (Å²) in [7, 11) is 3.90. The molecule has 19 heavy (non-hydrogen) atoms. The maximum Gasteiger partial charge on any atom is 0.230 e. The predicted octanol–water partition coefficient (Wildman–Crippen LogP) is 3.04. The number of thioether (sulfide) groups is 1. The number of anilines is 2. The van der Waals surface area contributed by atoms with E-state index >= 15 is 0 Å². The molecule has 0 atom stereocenters. The highest BCUT2D eigenvalue weighted by Crippen LogP contribution is 2.19. The maximum absolute atomic E-state index is 4.47. The van der Waals surface area contributed by atoms with Gasteiger partial charge in [0, 0.05) is 26.4 Å². The second-order valence-electron chi connectivity index (χ2n) is 4.62. The number of hydrogen-bond donors (Lipinski definition) is 1. The lowest BCUT2D eigenvalue weighted by atomic mass is 10.3. The molecule has 108 valence electrons. The molecule has 1 rings (SSSR count). The summed E-state index contributed by atoms with van der Waals surface area (Å²) in [5, 5.41) is 4.04. The summed E-state index contributed by atoms with van der Waals surface area (Å²) >= 11 is 1.71. The molecule has 0 aliphatic heterocycles. The van der Waals surface area contributed by atoms with Gasteiger partial charge in [-0.05, 0) is 12.8 Å². The molecule has 0 aromatic carbocycles. The van der Waals surface area contributed by atoms with Gasteiger partial charge in [0.25, 0.3) is 0 Å². The molecule has 0 radical (unpaired) electrons. The van der Waals surface area contributed by atoms with Crippen molar-refractivity contribution in [3.63, 3.8) is 0 Å². The normalized spacial score (nSPS) is 10.5. The minimum absolute atomic E-state index is 0.679. The van der Waals surface area contributed by atoms with Gasteiger partial charge in [-0.3, -0.25) is 0 Å². The van der Waals surface area contributed by atoms with E-state index in [0.717, 1.165) is 23.9 Å². The van der Waals surface area contributed by atoms with Crippen molar-refractivity contribution < 1.29 is 0 Å². The van der Waals surface area contributed by atoms with E-state index < -0.39 is 0 Å². The van der Waals surface area contributed by atoms with Gasteiger partial charge in [0.15, 0.2) is 5.16 Å². The lowest BCUT2D eigenvalue weighted by molar-refractivity contribution is 0.776. The molecule has 1 aromatic heterocycles. The van der Waals surface area contributed by atoms with E-state index in [4.69, 9.17) is 0 Å². The first-order valence-electron chi connectivity index (χ1n) is 6.97. The lowest BCUT2D eigenvalue weighted by Gasteiger charge is -2.13. The number of nitrogens with one attached hydrogen (secondary N) is 1. The Bertz CT molecular complexity index is 370. The highest BCUT2D eigenvalue weighted by Gasteiger charge is 2.08. The molecule has 0 unspecified atom stereocenters. The Morgan fingerprint density at radius 2 is 1.84 bits per heavy atom. The molecule has 0 amide bonds. The van der Waals surface area contributed by atoms with Crippen molar-refractivity contribution >= 4 is 23.7 Å². The molecule has 6 heteroatoms. The average molecular weight is 283 g/mol. The van der Waals surface area contributed by atoms with Crippen molar-refractivity contribution in [1.82, 2.24) is 15.0 Å². The van der Waals surface area contributed by atoms with Crippen LogP contribution in [0.25, 0.3) is 0 Å². The fraction of sp³-hybridized carbons (Fsp3) is 0.769. The molecule has 0 saturated carbocycles. The monoisotopic (exact) mass is 283 g/mol. The number of unbranched alkanes of at least 4 members (excludes halogenated alkanes) is 2. The van der Waals surface area contributed by atoms with Crippen molar-refractivity contribution in [3.8, 4) is 0 Å². The molecule has 1 aromatic rings. The van der Waals surface area contributed by atoms with Crippen molar-refractivity contribution in [3.05, 3.63) is 0 Å². The third-order valence-corrected chi connectivity index (χ3v) is 3.45. The fourth-order valence-electron chi connectivity index (χ4n) is 1.44. The van der Waals surface area contributed by atoms with Gasteiger partial charge >= 0.3 is 0 Å². The third kappa shape index (κ3) is 6.09. The van der Waals surface area contributed by atoms with Crippen LogP contribution in [0, 0.1) is 0 Å².